The number of nitrogens with two attached hydrogens (primary N) is 1. The van der Waals surface area contributed by atoms with Crippen LogP contribution in [0.15, 0.2) is 42.5 Å². The molecule has 0 aliphatic rings. The van der Waals surface area contributed by atoms with Crippen molar-refractivity contribution in [2.75, 3.05) is 11.9 Å². The van der Waals surface area contributed by atoms with Crippen LogP contribution in [0.2, 0.25) is 0 Å². The van der Waals surface area contributed by atoms with Gasteiger partial charge in [0.05, 0.1) is 0 Å². The van der Waals surface area contributed by atoms with Gasteiger partial charge >= 0.3 is 0 Å². The fraction of sp³-hybridized carbons (Fsp3) is 0.333. The maximum Gasteiger partial charge on any atom is 0.0456 e. The number of hydrogen-bond donors (Lipinski definition) is 1. The summed E-state index contributed by atoms with van der Waals surface area (Å²) in [4.78, 5) is 2.23. The molecular weight excluding hydrogens is 244 g/mol. The number of rotatable bonds is 4. The standard InChI is InChI=1S/C18H24N2/c1-5-17(19)16-8-6-7-9-18(16)20(4)15-11-13(2)10-14(3)12-15/h6-12,17H,5,19H2,1-4H3/t17-/m1/s1. The molecule has 0 aliphatic carbocycles. The third-order valence-electron chi connectivity index (χ3n) is 3.73. The summed E-state index contributed by atoms with van der Waals surface area (Å²) in [6, 6.07) is 15.1. The molecule has 20 heavy (non-hydrogen) atoms. The number of benzene rings is 2. The first-order chi connectivity index (χ1) is 9.52. The predicted molar refractivity (Wildman–Crippen MR) is 87.6 cm³/mol. The molecule has 0 fully saturated rings. The first-order valence-electron chi connectivity index (χ1n) is 7.19. The summed E-state index contributed by atoms with van der Waals surface area (Å²) in [5.41, 5.74) is 12.4. The average molecular weight is 268 g/mol. The highest BCUT2D eigenvalue weighted by Crippen LogP contribution is 2.31. The van der Waals surface area contributed by atoms with Gasteiger partial charge in [0.2, 0.25) is 0 Å². The molecule has 106 valence electrons. The monoisotopic (exact) mass is 268 g/mol. The molecule has 2 heteroatoms. The highest BCUT2D eigenvalue weighted by Gasteiger charge is 2.13. The van der Waals surface area contributed by atoms with Gasteiger partial charge in [0, 0.05) is 24.5 Å². The Kier molecular flexibility index (Phi) is 4.46. The van der Waals surface area contributed by atoms with Crippen molar-refractivity contribution in [2.45, 2.75) is 33.2 Å². The molecule has 2 N–H and O–H groups in total. The second-order valence-electron chi connectivity index (χ2n) is 5.48. The smallest absolute Gasteiger partial charge is 0.0456 e. The van der Waals surface area contributed by atoms with Crippen LogP contribution in [0.1, 0.15) is 36.1 Å². The lowest BCUT2D eigenvalue weighted by atomic mass is 10.0. The molecule has 0 saturated carbocycles. The van der Waals surface area contributed by atoms with E-state index in [0.29, 0.717) is 0 Å². The molecule has 1 atom stereocenters. The van der Waals surface area contributed by atoms with E-state index >= 15 is 0 Å². The Hall–Kier alpha value is -1.80. The Bertz CT molecular complexity index is 569. The van der Waals surface area contributed by atoms with E-state index in [1.807, 2.05) is 0 Å². The summed E-state index contributed by atoms with van der Waals surface area (Å²) in [7, 11) is 2.11. The fourth-order valence-electron chi connectivity index (χ4n) is 2.61. The van der Waals surface area contributed by atoms with Gasteiger partial charge in [-0.25, -0.2) is 0 Å². The third-order valence-corrected chi connectivity index (χ3v) is 3.73. The Labute approximate surface area is 122 Å². The third kappa shape index (κ3) is 3.02. The molecule has 0 radical (unpaired) electrons. The minimum absolute atomic E-state index is 0.0829. The molecule has 2 aromatic carbocycles. The molecule has 0 spiro atoms. The van der Waals surface area contributed by atoms with Crippen LogP contribution >= 0.6 is 0 Å². The fourth-order valence-corrected chi connectivity index (χ4v) is 2.61. The molecule has 0 bridgehead atoms. The van der Waals surface area contributed by atoms with Crippen LogP contribution in [-0.2, 0) is 0 Å². The molecule has 2 rings (SSSR count). The van der Waals surface area contributed by atoms with Crippen molar-refractivity contribution >= 4 is 11.4 Å². The van der Waals surface area contributed by atoms with Gasteiger partial charge in [-0.05, 0) is 55.2 Å². The summed E-state index contributed by atoms with van der Waals surface area (Å²) >= 11 is 0. The number of aryl methyl sites for hydroxylation is 2. The lowest BCUT2D eigenvalue weighted by Crippen LogP contribution is -2.17. The lowest BCUT2D eigenvalue weighted by Gasteiger charge is -2.25. The topological polar surface area (TPSA) is 29.3 Å². The van der Waals surface area contributed by atoms with Crippen LogP contribution in [0.3, 0.4) is 0 Å². The molecule has 0 heterocycles. The summed E-state index contributed by atoms with van der Waals surface area (Å²) in [6.07, 6.45) is 0.942. The summed E-state index contributed by atoms with van der Waals surface area (Å²) in [6.45, 7) is 6.39. The van der Waals surface area contributed by atoms with Crippen molar-refractivity contribution in [1.29, 1.82) is 0 Å². The van der Waals surface area contributed by atoms with E-state index in [1.54, 1.807) is 0 Å². The number of para-hydroxylation sites is 1. The molecule has 0 aliphatic heterocycles. The molecule has 0 aromatic heterocycles. The van der Waals surface area contributed by atoms with Gasteiger partial charge in [0.15, 0.2) is 0 Å². The Morgan fingerprint density at radius 1 is 1.05 bits per heavy atom. The average Bonchev–Trinajstić information content (AvgIpc) is 2.44. The normalized spacial score (nSPS) is 12.2. The zero-order valence-corrected chi connectivity index (χ0v) is 12.9. The first-order valence-corrected chi connectivity index (χ1v) is 7.19. The first kappa shape index (κ1) is 14.6. The Morgan fingerprint density at radius 2 is 1.65 bits per heavy atom. The molecular formula is C18H24N2. The summed E-state index contributed by atoms with van der Waals surface area (Å²) < 4.78 is 0. The van der Waals surface area contributed by atoms with Crippen LogP contribution in [0.5, 0.6) is 0 Å². The van der Waals surface area contributed by atoms with Crippen molar-refractivity contribution < 1.29 is 0 Å². The second-order valence-corrected chi connectivity index (χ2v) is 5.48. The predicted octanol–water partition coefficient (Wildman–Crippen LogP) is 4.48. The molecule has 2 aromatic rings. The maximum atomic E-state index is 6.24. The highest BCUT2D eigenvalue weighted by molar-refractivity contribution is 5.67. The molecule has 0 unspecified atom stereocenters. The van der Waals surface area contributed by atoms with Gasteiger partial charge in [-0.1, -0.05) is 31.2 Å². The van der Waals surface area contributed by atoms with E-state index in [2.05, 4.69) is 75.2 Å². The lowest BCUT2D eigenvalue weighted by molar-refractivity contribution is 0.698. The van der Waals surface area contributed by atoms with E-state index in [9.17, 15) is 0 Å². The summed E-state index contributed by atoms with van der Waals surface area (Å²) in [5.74, 6) is 0. The van der Waals surface area contributed by atoms with Crippen LogP contribution in [0.4, 0.5) is 11.4 Å². The number of nitrogens with zero attached hydrogens (tertiary/aromatic N) is 1. The van der Waals surface area contributed by atoms with Crippen molar-refractivity contribution in [3.63, 3.8) is 0 Å². The summed E-state index contributed by atoms with van der Waals surface area (Å²) in [5, 5.41) is 0. The van der Waals surface area contributed by atoms with Crippen LogP contribution in [0.25, 0.3) is 0 Å². The highest BCUT2D eigenvalue weighted by atomic mass is 15.1. The van der Waals surface area contributed by atoms with Gasteiger partial charge in [-0.15, -0.1) is 0 Å². The number of hydrogen-bond acceptors (Lipinski definition) is 2. The Morgan fingerprint density at radius 3 is 2.25 bits per heavy atom. The number of anilines is 2. The van der Waals surface area contributed by atoms with E-state index in [4.69, 9.17) is 5.73 Å². The zero-order valence-electron chi connectivity index (χ0n) is 12.9. The van der Waals surface area contributed by atoms with E-state index in [0.717, 1.165) is 6.42 Å². The molecule has 2 nitrogen and oxygen atoms in total. The van der Waals surface area contributed by atoms with E-state index in [-0.39, 0.29) is 6.04 Å². The van der Waals surface area contributed by atoms with Crippen LogP contribution in [0, 0.1) is 13.8 Å². The quantitative estimate of drug-likeness (QED) is 0.885. The largest absolute Gasteiger partial charge is 0.344 e. The van der Waals surface area contributed by atoms with Gasteiger partial charge < -0.3 is 10.6 Å². The SMILES string of the molecule is CC[C@@H](N)c1ccccc1N(C)c1cc(C)cc(C)c1. The van der Waals surface area contributed by atoms with E-state index in [1.165, 1.54) is 28.1 Å². The minimum atomic E-state index is 0.0829. The van der Waals surface area contributed by atoms with Crippen LogP contribution < -0.4 is 10.6 Å². The van der Waals surface area contributed by atoms with Gasteiger partial charge in [0.1, 0.15) is 0 Å². The van der Waals surface area contributed by atoms with Gasteiger partial charge in [0.25, 0.3) is 0 Å². The van der Waals surface area contributed by atoms with Gasteiger partial charge in [-0.2, -0.15) is 0 Å². The van der Waals surface area contributed by atoms with Crippen molar-refractivity contribution in [3.05, 3.63) is 59.2 Å². The maximum absolute atomic E-state index is 6.24. The van der Waals surface area contributed by atoms with E-state index < -0.39 is 0 Å². The zero-order chi connectivity index (χ0) is 14.7. The second kappa shape index (κ2) is 6.10. The van der Waals surface area contributed by atoms with Crippen molar-refractivity contribution in [2.24, 2.45) is 5.73 Å². The molecule has 0 saturated heterocycles. The minimum Gasteiger partial charge on any atom is -0.344 e. The Balaban J connectivity index is 2.45. The van der Waals surface area contributed by atoms with Gasteiger partial charge in [-0.3, -0.25) is 0 Å². The molecule has 0 amide bonds. The van der Waals surface area contributed by atoms with Crippen LogP contribution in [-0.4, -0.2) is 7.05 Å². The van der Waals surface area contributed by atoms with Crippen molar-refractivity contribution in [1.82, 2.24) is 0 Å². The van der Waals surface area contributed by atoms with Crippen molar-refractivity contribution in [3.8, 4) is 0 Å².